The van der Waals surface area contributed by atoms with Crippen molar-refractivity contribution in [3.05, 3.63) is 42.5 Å². The molecule has 132 valence electrons. The fraction of sp³-hybridized carbons (Fsp3) is 0.438. The Morgan fingerprint density at radius 3 is 2.76 bits per heavy atom. The van der Waals surface area contributed by atoms with E-state index in [-0.39, 0.29) is 19.0 Å². The topological polar surface area (TPSA) is 88.4 Å². The highest BCUT2D eigenvalue weighted by molar-refractivity contribution is 7.93. The summed E-state index contributed by atoms with van der Waals surface area (Å²) in [6.07, 6.45) is 3.59. The third-order valence-corrected chi connectivity index (χ3v) is 7.06. The molecule has 0 bridgehead atoms. The Morgan fingerprint density at radius 2 is 2.04 bits per heavy atom. The molecular formula is C16H19N5O3S. The molecular weight excluding hydrogens is 342 g/mol. The molecule has 1 aromatic heterocycles. The molecule has 1 aromatic carbocycles. The Bertz CT molecular complexity index is 890. The maximum atomic E-state index is 12.9. The minimum absolute atomic E-state index is 0.140. The van der Waals surface area contributed by atoms with Crippen LogP contribution >= 0.6 is 0 Å². The molecule has 0 spiro atoms. The molecule has 2 aliphatic rings. The van der Waals surface area contributed by atoms with Gasteiger partial charge in [-0.1, -0.05) is 18.2 Å². The highest BCUT2D eigenvalue weighted by atomic mass is 32.2. The average molecular weight is 361 g/mol. The van der Waals surface area contributed by atoms with Crippen molar-refractivity contribution < 1.29 is 13.2 Å². The van der Waals surface area contributed by atoms with Crippen LogP contribution in [-0.4, -0.2) is 58.9 Å². The number of aromatic nitrogens is 3. The Labute approximate surface area is 146 Å². The molecule has 25 heavy (non-hydrogen) atoms. The zero-order chi connectivity index (χ0) is 17.6. The summed E-state index contributed by atoms with van der Waals surface area (Å²) in [4.78, 5) is 17.8. The summed E-state index contributed by atoms with van der Waals surface area (Å²) >= 11 is 0. The summed E-state index contributed by atoms with van der Waals surface area (Å²) in [7, 11) is -3.46. The second-order valence-corrected chi connectivity index (χ2v) is 8.55. The number of amides is 1. The number of sulfonamides is 1. The van der Waals surface area contributed by atoms with Gasteiger partial charge < -0.3 is 4.90 Å². The van der Waals surface area contributed by atoms with Crippen molar-refractivity contribution >= 4 is 21.6 Å². The first kappa shape index (κ1) is 16.1. The van der Waals surface area contributed by atoms with Crippen LogP contribution in [0.2, 0.25) is 0 Å². The predicted octanol–water partition coefficient (Wildman–Crippen LogP) is 0.442. The van der Waals surface area contributed by atoms with Crippen LogP contribution in [0.3, 0.4) is 0 Å². The summed E-state index contributed by atoms with van der Waals surface area (Å²) in [6, 6.07) is 7.08. The van der Waals surface area contributed by atoms with Crippen molar-refractivity contribution in [2.24, 2.45) is 0 Å². The number of benzene rings is 1. The normalized spacial score (nSPS) is 18.8. The standard InChI is InChI=1S/C16H19N5O3S/c1-12(20-11-17-10-18-20)16(22)19-8-14(9-19)25(23,24)21-7-6-13-4-2-3-5-15(13)21/h2-5,10-12,14H,6-9H2,1H3/t12-/m0/s1. The fourth-order valence-corrected chi connectivity index (χ4v) is 5.25. The molecule has 2 aromatic rings. The second kappa shape index (κ2) is 5.83. The molecule has 1 atom stereocenters. The predicted molar refractivity (Wildman–Crippen MR) is 91.5 cm³/mol. The van der Waals surface area contributed by atoms with Crippen molar-refractivity contribution in [1.82, 2.24) is 19.7 Å². The smallest absolute Gasteiger partial charge is 0.247 e. The number of hydrogen-bond acceptors (Lipinski definition) is 5. The number of para-hydroxylation sites is 1. The van der Waals surface area contributed by atoms with Gasteiger partial charge in [0.1, 0.15) is 23.9 Å². The third kappa shape index (κ3) is 2.58. The van der Waals surface area contributed by atoms with Gasteiger partial charge in [-0.15, -0.1) is 0 Å². The van der Waals surface area contributed by atoms with Gasteiger partial charge in [-0.05, 0) is 25.0 Å². The summed E-state index contributed by atoms with van der Waals surface area (Å²) in [6.45, 7) is 2.65. The lowest BCUT2D eigenvalue weighted by Gasteiger charge is -2.41. The van der Waals surface area contributed by atoms with E-state index in [2.05, 4.69) is 10.1 Å². The van der Waals surface area contributed by atoms with Crippen molar-refractivity contribution in [1.29, 1.82) is 0 Å². The van der Waals surface area contributed by atoms with Crippen molar-refractivity contribution in [3.8, 4) is 0 Å². The number of nitrogens with zero attached hydrogens (tertiary/aromatic N) is 5. The summed E-state index contributed by atoms with van der Waals surface area (Å²) < 4.78 is 28.8. The SMILES string of the molecule is C[C@@H](C(=O)N1CC(S(=O)(=O)N2CCc3ccccc32)C1)n1cncn1. The van der Waals surface area contributed by atoms with E-state index in [0.717, 1.165) is 17.7 Å². The molecule has 3 heterocycles. The van der Waals surface area contributed by atoms with Crippen molar-refractivity contribution in [2.75, 3.05) is 23.9 Å². The van der Waals surface area contributed by atoms with Gasteiger partial charge in [-0.3, -0.25) is 9.10 Å². The van der Waals surface area contributed by atoms with Crippen LogP contribution in [0.15, 0.2) is 36.9 Å². The second-order valence-electron chi connectivity index (χ2n) is 6.41. The fourth-order valence-electron chi connectivity index (χ4n) is 3.35. The Hall–Kier alpha value is -2.42. The van der Waals surface area contributed by atoms with E-state index in [1.54, 1.807) is 11.8 Å². The van der Waals surface area contributed by atoms with E-state index in [1.807, 2.05) is 24.3 Å². The van der Waals surface area contributed by atoms with Crippen LogP contribution in [0.1, 0.15) is 18.5 Å². The van der Waals surface area contributed by atoms with Crippen LogP contribution in [0.5, 0.6) is 0 Å². The first-order valence-electron chi connectivity index (χ1n) is 8.21. The third-order valence-electron chi connectivity index (χ3n) is 4.92. The Kier molecular flexibility index (Phi) is 3.75. The molecule has 8 nitrogen and oxygen atoms in total. The van der Waals surface area contributed by atoms with Crippen LogP contribution in [0, 0.1) is 0 Å². The highest BCUT2D eigenvalue weighted by Crippen LogP contribution is 2.33. The van der Waals surface area contributed by atoms with Crippen LogP contribution in [0.4, 0.5) is 5.69 Å². The summed E-state index contributed by atoms with van der Waals surface area (Å²) in [5.74, 6) is -0.140. The zero-order valence-electron chi connectivity index (χ0n) is 13.8. The van der Waals surface area contributed by atoms with Crippen molar-refractivity contribution in [3.63, 3.8) is 0 Å². The van der Waals surface area contributed by atoms with Crippen molar-refractivity contribution in [2.45, 2.75) is 24.6 Å². The van der Waals surface area contributed by atoms with E-state index in [9.17, 15) is 13.2 Å². The molecule has 4 rings (SSSR count). The monoisotopic (exact) mass is 361 g/mol. The number of likely N-dealkylation sites (tertiary alicyclic amines) is 1. The maximum Gasteiger partial charge on any atom is 0.247 e. The zero-order valence-corrected chi connectivity index (χ0v) is 14.6. The molecule has 0 saturated carbocycles. The number of hydrogen-bond donors (Lipinski definition) is 0. The van der Waals surface area contributed by atoms with Gasteiger partial charge in [0.25, 0.3) is 0 Å². The Balaban J connectivity index is 1.44. The first-order chi connectivity index (χ1) is 12.0. The molecule has 0 aliphatic carbocycles. The lowest BCUT2D eigenvalue weighted by Crippen LogP contribution is -2.60. The molecule has 9 heteroatoms. The molecule has 1 fully saturated rings. The van der Waals surface area contributed by atoms with Gasteiger partial charge >= 0.3 is 0 Å². The van der Waals surface area contributed by atoms with Gasteiger partial charge in [0.05, 0.1) is 5.69 Å². The molecule has 0 radical (unpaired) electrons. The van der Waals surface area contributed by atoms with Crippen LogP contribution < -0.4 is 4.31 Å². The first-order valence-corrected chi connectivity index (χ1v) is 9.71. The molecule has 1 amide bonds. The van der Waals surface area contributed by atoms with E-state index in [0.29, 0.717) is 6.54 Å². The molecule has 0 N–H and O–H groups in total. The maximum absolute atomic E-state index is 12.9. The summed E-state index contributed by atoms with van der Waals surface area (Å²) in [5, 5.41) is 3.42. The minimum atomic E-state index is -3.46. The van der Waals surface area contributed by atoms with Crippen LogP contribution in [-0.2, 0) is 21.2 Å². The van der Waals surface area contributed by atoms with Gasteiger partial charge in [0.2, 0.25) is 15.9 Å². The van der Waals surface area contributed by atoms with E-state index in [1.165, 1.54) is 21.6 Å². The van der Waals surface area contributed by atoms with Gasteiger partial charge in [0, 0.05) is 19.6 Å². The van der Waals surface area contributed by atoms with E-state index >= 15 is 0 Å². The van der Waals surface area contributed by atoms with Gasteiger partial charge in [-0.25, -0.2) is 18.1 Å². The number of rotatable bonds is 4. The minimum Gasteiger partial charge on any atom is -0.338 e. The summed E-state index contributed by atoms with van der Waals surface area (Å²) in [5.41, 5.74) is 1.82. The number of anilines is 1. The lowest BCUT2D eigenvalue weighted by atomic mass is 10.1. The van der Waals surface area contributed by atoms with Gasteiger partial charge in [0.15, 0.2) is 0 Å². The van der Waals surface area contributed by atoms with E-state index in [4.69, 9.17) is 0 Å². The van der Waals surface area contributed by atoms with Crippen LogP contribution in [0.25, 0.3) is 0 Å². The lowest BCUT2D eigenvalue weighted by molar-refractivity contribution is -0.137. The number of carbonyl (C=O) groups excluding carboxylic acids is 1. The van der Waals surface area contributed by atoms with Gasteiger partial charge in [-0.2, -0.15) is 5.10 Å². The molecule has 2 aliphatic heterocycles. The molecule has 1 saturated heterocycles. The quantitative estimate of drug-likeness (QED) is 0.789. The number of carbonyl (C=O) groups is 1. The average Bonchev–Trinajstić information content (AvgIpc) is 3.22. The number of fused-ring (bicyclic) bond motifs is 1. The largest absolute Gasteiger partial charge is 0.338 e. The molecule has 0 unspecified atom stereocenters. The highest BCUT2D eigenvalue weighted by Gasteiger charge is 2.45. The van der Waals surface area contributed by atoms with E-state index < -0.39 is 21.3 Å². The Morgan fingerprint density at radius 1 is 1.28 bits per heavy atom.